The largest absolute Gasteiger partial charge is 0.411 e. The Bertz CT molecular complexity index is 396. The van der Waals surface area contributed by atoms with Crippen LogP contribution in [0, 0.1) is 0 Å². The highest BCUT2D eigenvalue weighted by Gasteiger charge is 2.41. The molecule has 1 aliphatic rings. The second kappa shape index (κ2) is 6.32. The minimum absolute atomic E-state index is 0.330. The molecule has 0 aliphatic carbocycles. The van der Waals surface area contributed by atoms with Crippen molar-refractivity contribution in [3.05, 3.63) is 11.8 Å². The third kappa shape index (κ3) is 6.44. The molecule has 21 heavy (non-hydrogen) atoms. The van der Waals surface area contributed by atoms with E-state index in [-0.39, 0.29) is 6.42 Å². The van der Waals surface area contributed by atoms with Gasteiger partial charge in [0.2, 0.25) is 5.79 Å². The van der Waals surface area contributed by atoms with Gasteiger partial charge in [0.05, 0.1) is 11.9 Å². The first kappa shape index (κ1) is 17.9. The van der Waals surface area contributed by atoms with E-state index in [0.29, 0.717) is 5.70 Å². The molecule has 2 N–H and O–H groups in total. The lowest BCUT2D eigenvalue weighted by atomic mass is 10.1. The van der Waals surface area contributed by atoms with Gasteiger partial charge in [0.15, 0.2) is 0 Å². The number of alkyl halides is 6. The minimum Gasteiger partial charge on any atom is -0.335 e. The Labute approximate surface area is 116 Å². The van der Waals surface area contributed by atoms with Crippen molar-refractivity contribution >= 4 is 6.21 Å². The predicted molar refractivity (Wildman–Crippen MR) is 61.6 cm³/mol. The number of nitrogens with zero attached hydrogens (tertiary/aromatic N) is 1. The summed E-state index contributed by atoms with van der Waals surface area (Å²) in [6, 6.07) is -0.510. The number of hydrogen-bond acceptors (Lipinski definition) is 4. The molecule has 0 saturated heterocycles. The zero-order valence-corrected chi connectivity index (χ0v) is 11.0. The van der Waals surface area contributed by atoms with Crippen molar-refractivity contribution in [3.63, 3.8) is 0 Å². The molecule has 0 saturated carbocycles. The number of nitrogens with two attached hydrogens (primary N) is 1. The normalized spacial score (nSPS) is 20.3. The molecule has 122 valence electrons. The van der Waals surface area contributed by atoms with Crippen molar-refractivity contribution in [2.45, 2.75) is 37.5 Å². The van der Waals surface area contributed by atoms with Crippen LogP contribution < -0.4 is 5.73 Å². The summed E-state index contributed by atoms with van der Waals surface area (Å²) in [4.78, 5) is 3.71. The van der Waals surface area contributed by atoms with Gasteiger partial charge in [0, 0.05) is 12.5 Å². The fourth-order valence-electron chi connectivity index (χ4n) is 1.47. The van der Waals surface area contributed by atoms with E-state index in [2.05, 4.69) is 14.5 Å². The molecule has 1 heterocycles. The van der Waals surface area contributed by atoms with E-state index >= 15 is 0 Å². The van der Waals surface area contributed by atoms with Gasteiger partial charge < -0.3 is 15.2 Å². The molecule has 0 spiro atoms. The van der Waals surface area contributed by atoms with Gasteiger partial charge in [-0.25, -0.2) is 0 Å². The summed E-state index contributed by atoms with van der Waals surface area (Å²) in [5.41, 5.74) is 5.85. The lowest BCUT2D eigenvalue weighted by Crippen LogP contribution is -2.44. The predicted octanol–water partition coefficient (Wildman–Crippen LogP) is 2.55. The van der Waals surface area contributed by atoms with Gasteiger partial charge in [-0.3, -0.25) is 4.99 Å². The van der Waals surface area contributed by atoms with Gasteiger partial charge in [-0.1, -0.05) is 6.08 Å². The van der Waals surface area contributed by atoms with Crippen molar-refractivity contribution in [2.24, 2.45) is 10.7 Å². The van der Waals surface area contributed by atoms with E-state index in [4.69, 9.17) is 5.73 Å². The van der Waals surface area contributed by atoms with Crippen LogP contribution in [0.2, 0.25) is 0 Å². The quantitative estimate of drug-likeness (QED) is 0.626. The summed E-state index contributed by atoms with van der Waals surface area (Å²) in [6.07, 6.45) is -7.68. The summed E-state index contributed by atoms with van der Waals surface area (Å²) in [5.74, 6) is -2.20. The molecule has 0 radical (unpaired) electrons. The van der Waals surface area contributed by atoms with Crippen molar-refractivity contribution < 1.29 is 35.8 Å². The highest BCUT2D eigenvalue weighted by atomic mass is 19.4. The van der Waals surface area contributed by atoms with Gasteiger partial charge in [0.1, 0.15) is 13.2 Å². The van der Waals surface area contributed by atoms with Crippen molar-refractivity contribution in [2.75, 3.05) is 13.2 Å². The number of hydrogen-bond donors (Lipinski definition) is 1. The van der Waals surface area contributed by atoms with Gasteiger partial charge in [-0.2, -0.15) is 26.3 Å². The van der Waals surface area contributed by atoms with Crippen LogP contribution in [0.3, 0.4) is 0 Å². The van der Waals surface area contributed by atoms with E-state index in [1.54, 1.807) is 6.92 Å². The maximum absolute atomic E-state index is 12.2. The standard InChI is InChI=1S/C11H14F6N2O2/c1-7(18)8-2-3-9(4-19-8,20-5-10(12,13)14)21-6-11(15,16)17/h2,4,7H,3,5-6,18H2,1H3/t7-/m0/s1. The Balaban J connectivity index is 2.80. The summed E-state index contributed by atoms with van der Waals surface area (Å²) in [6.45, 7) is -1.93. The molecular weight excluding hydrogens is 306 g/mol. The van der Waals surface area contributed by atoms with E-state index in [1.807, 2.05) is 0 Å². The van der Waals surface area contributed by atoms with Crippen LogP contribution >= 0.6 is 0 Å². The summed E-state index contributed by atoms with van der Waals surface area (Å²) < 4.78 is 82.0. The third-order valence-electron chi connectivity index (χ3n) is 2.43. The topological polar surface area (TPSA) is 56.8 Å². The number of rotatable bonds is 5. The molecule has 1 rings (SSSR count). The minimum atomic E-state index is -4.70. The maximum atomic E-state index is 12.2. The Morgan fingerprint density at radius 2 is 1.67 bits per heavy atom. The van der Waals surface area contributed by atoms with Gasteiger partial charge in [0.25, 0.3) is 0 Å². The van der Waals surface area contributed by atoms with Crippen LogP contribution in [0.1, 0.15) is 13.3 Å². The highest BCUT2D eigenvalue weighted by Crippen LogP contribution is 2.29. The Hall–Kier alpha value is -1.13. The summed E-state index contributed by atoms with van der Waals surface area (Å²) in [7, 11) is 0. The molecule has 0 unspecified atom stereocenters. The molecule has 4 nitrogen and oxygen atoms in total. The van der Waals surface area contributed by atoms with Crippen molar-refractivity contribution in [1.82, 2.24) is 0 Å². The van der Waals surface area contributed by atoms with Gasteiger partial charge >= 0.3 is 12.4 Å². The fraction of sp³-hybridized carbons (Fsp3) is 0.727. The molecule has 0 aromatic carbocycles. The number of aliphatic imine (C=N–C) groups is 1. The molecule has 10 heteroatoms. The van der Waals surface area contributed by atoms with Crippen LogP contribution in [0.15, 0.2) is 16.8 Å². The second-order valence-electron chi connectivity index (χ2n) is 4.50. The monoisotopic (exact) mass is 320 g/mol. The van der Waals surface area contributed by atoms with Gasteiger partial charge in [-0.05, 0) is 6.92 Å². The first-order valence-electron chi connectivity index (χ1n) is 5.85. The Morgan fingerprint density at radius 1 is 1.19 bits per heavy atom. The molecule has 1 atom stereocenters. The zero-order chi connectivity index (χ0) is 16.3. The SMILES string of the molecule is C[C@H](N)C1=CCC(OCC(F)(F)F)(OCC(F)(F)F)C=N1. The summed E-state index contributed by atoms with van der Waals surface area (Å²) in [5, 5.41) is 0. The van der Waals surface area contributed by atoms with E-state index < -0.39 is 37.4 Å². The Morgan fingerprint density at radius 3 is 1.95 bits per heavy atom. The maximum Gasteiger partial charge on any atom is 0.411 e. The van der Waals surface area contributed by atoms with Crippen molar-refractivity contribution in [1.29, 1.82) is 0 Å². The van der Waals surface area contributed by atoms with Crippen LogP contribution in [0.4, 0.5) is 26.3 Å². The van der Waals surface area contributed by atoms with Crippen molar-refractivity contribution in [3.8, 4) is 0 Å². The lowest BCUT2D eigenvalue weighted by Gasteiger charge is -2.32. The summed E-state index contributed by atoms with van der Waals surface area (Å²) >= 11 is 0. The highest BCUT2D eigenvalue weighted by molar-refractivity contribution is 5.70. The molecular formula is C11H14F6N2O2. The average Bonchev–Trinajstić information content (AvgIpc) is 2.33. The molecule has 0 fully saturated rings. The Kier molecular flexibility index (Phi) is 5.40. The lowest BCUT2D eigenvalue weighted by molar-refractivity contribution is -0.280. The average molecular weight is 320 g/mol. The van der Waals surface area contributed by atoms with Gasteiger partial charge in [-0.15, -0.1) is 0 Å². The van der Waals surface area contributed by atoms with E-state index in [1.165, 1.54) is 6.08 Å². The molecule has 0 amide bonds. The first-order chi connectivity index (χ1) is 9.43. The molecule has 0 aromatic heterocycles. The number of halogens is 6. The molecule has 1 aliphatic heterocycles. The van der Waals surface area contributed by atoms with Crippen LogP contribution in [-0.4, -0.2) is 43.6 Å². The molecule has 0 bridgehead atoms. The van der Waals surface area contributed by atoms with Crippen LogP contribution in [-0.2, 0) is 9.47 Å². The smallest absolute Gasteiger partial charge is 0.335 e. The van der Waals surface area contributed by atoms with Crippen LogP contribution in [0.5, 0.6) is 0 Å². The third-order valence-corrected chi connectivity index (χ3v) is 2.43. The zero-order valence-electron chi connectivity index (χ0n) is 11.0. The number of ether oxygens (including phenoxy) is 2. The molecule has 0 aromatic rings. The fourth-order valence-corrected chi connectivity index (χ4v) is 1.47. The first-order valence-corrected chi connectivity index (χ1v) is 5.85. The van der Waals surface area contributed by atoms with E-state index in [9.17, 15) is 26.3 Å². The second-order valence-corrected chi connectivity index (χ2v) is 4.50. The van der Waals surface area contributed by atoms with Crippen LogP contribution in [0.25, 0.3) is 0 Å². The van der Waals surface area contributed by atoms with E-state index in [0.717, 1.165) is 6.21 Å².